The van der Waals surface area contributed by atoms with E-state index in [-0.39, 0.29) is 0 Å². The van der Waals surface area contributed by atoms with Gasteiger partial charge in [0.2, 0.25) is 0 Å². The van der Waals surface area contributed by atoms with Crippen molar-refractivity contribution < 1.29 is 0 Å². The van der Waals surface area contributed by atoms with Gasteiger partial charge < -0.3 is 0 Å². The second-order valence-electron chi connectivity index (χ2n) is 6.50. The Morgan fingerprint density at radius 1 is 1.11 bits per heavy atom. The lowest BCUT2D eigenvalue weighted by molar-refractivity contribution is 0.192. The minimum absolute atomic E-state index is 0.760. The van der Waals surface area contributed by atoms with Gasteiger partial charge in [0.15, 0.2) is 0 Å². The molecule has 2 aliphatic rings. The Labute approximate surface area is 119 Å². The molecule has 0 saturated heterocycles. The minimum atomic E-state index is 0.760. The van der Waals surface area contributed by atoms with E-state index in [9.17, 15) is 0 Å². The predicted octanol–water partition coefficient (Wildman–Crippen LogP) is 5.77. The van der Waals surface area contributed by atoms with Crippen LogP contribution in [0.2, 0.25) is 0 Å². The number of rotatable bonds is 5. The third kappa shape index (κ3) is 3.61. The van der Waals surface area contributed by atoms with Crippen LogP contribution in [-0.2, 0) is 0 Å². The first-order chi connectivity index (χ1) is 9.24. The molecule has 0 aromatic carbocycles. The van der Waals surface area contributed by atoms with Gasteiger partial charge in [0, 0.05) is 0 Å². The first-order valence-corrected chi connectivity index (χ1v) is 8.24. The van der Waals surface area contributed by atoms with E-state index in [1.54, 1.807) is 0 Å². The van der Waals surface area contributed by atoms with E-state index in [0.29, 0.717) is 0 Å². The molecule has 0 aromatic rings. The quantitative estimate of drug-likeness (QED) is 0.549. The molecule has 19 heavy (non-hydrogen) atoms. The molecular formula is C19H30. The SMILES string of the molecule is CCC=CCCC1C=CC(C)C1C1C=CCCC1C. The van der Waals surface area contributed by atoms with Crippen LogP contribution in [0.15, 0.2) is 36.5 Å². The lowest BCUT2D eigenvalue weighted by Gasteiger charge is -2.36. The Kier molecular flexibility index (Phi) is 5.48. The molecule has 0 heteroatoms. The molecule has 5 atom stereocenters. The molecule has 0 radical (unpaired) electrons. The number of hydrogen-bond donors (Lipinski definition) is 0. The van der Waals surface area contributed by atoms with Crippen LogP contribution in [0.1, 0.15) is 52.9 Å². The average Bonchev–Trinajstić information content (AvgIpc) is 2.77. The van der Waals surface area contributed by atoms with Crippen molar-refractivity contribution in [3.05, 3.63) is 36.5 Å². The zero-order valence-corrected chi connectivity index (χ0v) is 12.9. The van der Waals surface area contributed by atoms with Gasteiger partial charge in [-0.1, -0.05) is 57.2 Å². The fraction of sp³-hybridized carbons (Fsp3) is 0.684. The summed E-state index contributed by atoms with van der Waals surface area (Å²) in [5.74, 6) is 4.08. The van der Waals surface area contributed by atoms with Crippen molar-refractivity contribution >= 4 is 0 Å². The van der Waals surface area contributed by atoms with Crippen LogP contribution >= 0.6 is 0 Å². The third-order valence-electron chi connectivity index (χ3n) is 5.08. The Morgan fingerprint density at radius 3 is 2.68 bits per heavy atom. The lowest BCUT2D eigenvalue weighted by atomic mass is 9.69. The molecule has 0 saturated carbocycles. The van der Waals surface area contributed by atoms with E-state index < -0.39 is 0 Å². The highest BCUT2D eigenvalue weighted by Crippen LogP contribution is 2.44. The van der Waals surface area contributed by atoms with E-state index in [1.807, 2.05) is 0 Å². The van der Waals surface area contributed by atoms with Crippen molar-refractivity contribution in [3.8, 4) is 0 Å². The van der Waals surface area contributed by atoms with Crippen molar-refractivity contribution in [3.63, 3.8) is 0 Å². The summed E-state index contributed by atoms with van der Waals surface area (Å²) < 4.78 is 0. The van der Waals surface area contributed by atoms with Crippen LogP contribution in [0.4, 0.5) is 0 Å². The van der Waals surface area contributed by atoms with E-state index in [1.165, 1.54) is 32.1 Å². The minimum Gasteiger partial charge on any atom is -0.0888 e. The first-order valence-electron chi connectivity index (χ1n) is 8.24. The van der Waals surface area contributed by atoms with Gasteiger partial charge in [0.25, 0.3) is 0 Å². The molecule has 2 aliphatic carbocycles. The van der Waals surface area contributed by atoms with Gasteiger partial charge in [-0.15, -0.1) is 0 Å². The highest BCUT2D eigenvalue weighted by Gasteiger charge is 2.36. The smallest absolute Gasteiger partial charge is 0.0168 e. The maximum atomic E-state index is 2.53. The number of hydrogen-bond acceptors (Lipinski definition) is 0. The first kappa shape index (κ1) is 14.6. The standard InChI is InChI=1S/C19H30/c1-4-5-6-7-11-17-14-13-16(3)19(17)18-12-9-8-10-15(18)2/h5-6,9,12-19H,4,7-8,10-11H2,1-3H3. The highest BCUT2D eigenvalue weighted by atomic mass is 14.4. The summed E-state index contributed by atoms with van der Waals surface area (Å²) in [6.07, 6.45) is 21.0. The van der Waals surface area contributed by atoms with Crippen LogP contribution in [0.5, 0.6) is 0 Å². The summed E-state index contributed by atoms with van der Waals surface area (Å²) >= 11 is 0. The second-order valence-corrected chi connectivity index (χ2v) is 6.50. The second kappa shape index (κ2) is 7.12. The number of allylic oxidation sites excluding steroid dienone is 6. The topological polar surface area (TPSA) is 0 Å². The zero-order chi connectivity index (χ0) is 13.7. The summed E-state index contributed by atoms with van der Waals surface area (Å²) in [7, 11) is 0. The third-order valence-corrected chi connectivity index (χ3v) is 5.08. The van der Waals surface area contributed by atoms with Crippen LogP contribution < -0.4 is 0 Å². The molecule has 0 aliphatic heterocycles. The molecule has 0 aromatic heterocycles. The normalized spacial score (nSPS) is 38.4. The Balaban J connectivity index is 1.98. The van der Waals surface area contributed by atoms with Gasteiger partial charge in [0.05, 0.1) is 0 Å². The Hall–Kier alpha value is -0.780. The fourth-order valence-electron chi connectivity index (χ4n) is 3.96. The monoisotopic (exact) mass is 258 g/mol. The molecule has 2 rings (SSSR count). The van der Waals surface area contributed by atoms with Gasteiger partial charge in [-0.25, -0.2) is 0 Å². The van der Waals surface area contributed by atoms with Crippen molar-refractivity contribution in [2.45, 2.75) is 52.9 Å². The van der Waals surface area contributed by atoms with Gasteiger partial charge in [-0.3, -0.25) is 0 Å². The summed E-state index contributed by atoms with van der Waals surface area (Å²) in [5.41, 5.74) is 0. The Morgan fingerprint density at radius 2 is 1.95 bits per heavy atom. The van der Waals surface area contributed by atoms with Gasteiger partial charge in [-0.2, -0.15) is 0 Å². The van der Waals surface area contributed by atoms with Crippen LogP contribution in [0.25, 0.3) is 0 Å². The summed E-state index contributed by atoms with van der Waals surface area (Å²) in [6.45, 7) is 7.08. The summed E-state index contributed by atoms with van der Waals surface area (Å²) in [5, 5.41) is 0. The largest absolute Gasteiger partial charge is 0.0888 e. The maximum Gasteiger partial charge on any atom is -0.0168 e. The van der Waals surface area contributed by atoms with Crippen LogP contribution in [-0.4, -0.2) is 0 Å². The van der Waals surface area contributed by atoms with Crippen molar-refractivity contribution in [2.75, 3.05) is 0 Å². The van der Waals surface area contributed by atoms with E-state index in [2.05, 4.69) is 57.2 Å². The molecule has 0 nitrogen and oxygen atoms in total. The van der Waals surface area contributed by atoms with Gasteiger partial charge in [0.1, 0.15) is 0 Å². The maximum absolute atomic E-state index is 2.53. The Bertz CT molecular complexity index is 347. The lowest BCUT2D eigenvalue weighted by Crippen LogP contribution is -2.29. The molecule has 0 N–H and O–H groups in total. The highest BCUT2D eigenvalue weighted by molar-refractivity contribution is 5.12. The summed E-state index contributed by atoms with van der Waals surface area (Å²) in [6, 6.07) is 0. The molecule has 0 bridgehead atoms. The van der Waals surface area contributed by atoms with Gasteiger partial charge in [-0.05, 0) is 61.7 Å². The molecule has 0 fully saturated rings. The van der Waals surface area contributed by atoms with E-state index in [0.717, 1.165) is 29.6 Å². The van der Waals surface area contributed by atoms with Crippen LogP contribution in [0.3, 0.4) is 0 Å². The van der Waals surface area contributed by atoms with Crippen LogP contribution in [0, 0.1) is 29.6 Å². The van der Waals surface area contributed by atoms with E-state index in [4.69, 9.17) is 0 Å². The zero-order valence-electron chi connectivity index (χ0n) is 12.9. The average molecular weight is 258 g/mol. The molecule has 0 amide bonds. The molecular weight excluding hydrogens is 228 g/mol. The van der Waals surface area contributed by atoms with Crippen molar-refractivity contribution in [1.29, 1.82) is 0 Å². The summed E-state index contributed by atoms with van der Waals surface area (Å²) in [4.78, 5) is 0. The molecule has 106 valence electrons. The molecule has 0 heterocycles. The van der Waals surface area contributed by atoms with Crippen molar-refractivity contribution in [1.82, 2.24) is 0 Å². The molecule has 5 unspecified atom stereocenters. The van der Waals surface area contributed by atoms with Gasteiger partial charge >= 0.3 is 0 Å². The van der Waals surface area contributed by atoms with Crippen molar-refractivity contribution in [2.24, 2.45) is 29.6 Å². The molecule has 0 spiro atoms. The van der Waals surface area contributed by atoms with E-state index >= 15 is 0 Å². The fourth-order valence-corrected chi connectivity index (χ4v) is 3.96. The predicted molar refractivity (Wildman–Crippen MR) is 85.0 cm³/mol.